The summed E-state index contributed by atoms with van der Waals surface area (Å²) in [7, 11) is 0. The van der Waals surface area contributed by atoms with Gasteiger partial charge < -0.3 is 5.32 Å². The lowest BCUT2D eigenvalue weighted by atomic mass is 10.1. The Kier molecular flexibility index (Phi) is 4.81. The summed E-state index contributed by atoms with van der Waals surface area (Å²) in [5, 5.41) is 22.1. The van der Waals surface area contributed by atoms with Gasteiger partial charge in [-0.1, -0.05) is 24.3 Å². The van der Waals surface area contributed by atoms with Crippen molar-refractivity contribution in [3.8, 4) is 5.69 Å². The highest BCUT2D eigenvalue weighted by Crippen LogP contribution is 2.19. The van der Waals surface area contributed by atoms with Gasteiger partial charge in [-0.05, 0) is 23.8 Å². The number of nitro benzene ring substituents is 1. The molecule has 2 heterocycles. The van der Waals surface area contributed by atoms with Crippen LogP contribution in [-0.4, -0.2) is 35.4 Å². The number of para-hydroxylation sites is 1. The van der Waals surface area contributed by atoms with Gasteiger partial charge in [-0.15, -0.1) is 0 Å². The fourth-order valence-corrected chi connectivity index (χ4v) is 2.79. The van der Waals surface area contributed by atoms with E-state index in [0.717, 1.165) is 5.56 Å². The molecule has 0 saturated heterocycles. The molecule has 1 amide bonds. The molecule has 0 atom stereocenters. The van der Waals surface area contributed by atoms with Crippen LogP contribution in [0.4, 0.5) is 11.4 Å². The van der Waals surface area contributed by atoms with Gasteiger partial charge in [0.1, 0.15) is 12.7 Å². The molecule has 0 unspecified atom stereocenters. The minimum absolute atomic E-state index is 0.0500. The van der Waals surface area contributed by atoms with Crippen molar-refractivity contribution in [2.45, 2.75) is 6.54 Å². The number of aromatic nitrogens is 5. The van der Waals surface area contributed by atoms with Crippen molar-refractivity contribution in [2.24, 2.45) is 0 Å². The van der Waals surface area contributed by atoms with Crippen LogP contribution in [0.5, 0.6) is 0 Å². The van der Waals surface area contributed by atoms with Gasteiger partial charge in [0.05, 0.1) is 17.2 Å². The predicted molar refractivity (Wildman–Crippen MR) is 104 cm³/mol. The summed E-state index contributed by atoms with van der Waals surface area (Å²) in [6.07, 6.45) is 4.62. The number of rotatable bonds is 6. The molecule has 4 aromatic rings. The Morgan fingerprint density at radius 1 is 1.14 bits per heavy atom. The fourth-order valence-electron chi connectivity index (χ4n) is 2.79. The van der Waals surface area contributed by atoms with Gasteiger partial charge in [-0.3, -0.25) is 14.9 Å². The Hall–Kier alpha value is -4.34. The SMILES string of the molecule is O=C(Nc1ccccc1Cn1cncn1)c1ccn(-c2cccc([N+](=O)[O-])c2)n1. The zero-order chi connectivity index (χ0) is 20.2. The molecule has 2 aromatic carbocycles. The van der Waals surface area contributed by atoms with Gasteiger partial charge in [0, 0.05) is 24.0 Å². The Bertz CT molecular complexity index is 1170. The summed E-state index contributed by atoms with van der Waals surface area (Å²) < 4.78 is 3.07. The van der Waals surface area contributed by atoms with Crippen LogP contribution >= 0.6 is 0 Å². The molecule has 0 aliphatic carbocycles. The molecule has 2 aromatic heterocycles. The van der Waals surface area contributed by atoms with E-state index < -0.39 is 4.92 Å². The molecular formula is C19H15N7O3. The number of non-ortho nitro benzene ring substituents is 1. The van der Waals surface area contributed by atoms with Crippen LogP contribution in [0.1, 0.15) is 16.1 Å². The van der Waals surface area contributed by atoms with Crippen LogP contribution in [0.25, 0.3) is 5.69 Å². The van der Waals surface area contributed by atoms with Crippen molar-refractivity contribution in [1.82, 2.24) is 24.5 Å². The highest BCUT2D eigenvalue weighted by atomic mass is 16.6. The van der Waals surface area contributed by atoms with E-state index in [-0.39, 0.29) is 17.3 Å². The summed E-state index contributed by atoms with van der Waals surface area (Å²) in [5.41, 5.74) is 2.13. The lowest BCUT2D eigenvalue weighted by molar-refractivity contribution is -0.384. The Morgan fingerprint density at radius 2 is 2.00 bits per heavy atom. The first-order chi connectivity index (χ1) is 14.1. The number of nitrogens with one attached hydrogen (secondary N) is 1. The summed E-state index contributed by atoms with van der Waals surface area (Å²) in [6.45, 7) is 0.457. The van der Waals surface area contributed by atoms with E-state index in [1.54, 1.807) is 41.5 Å². The molecule has 0 spiro atoms. The minimum Gasteiger partial charge on any atom is -0.320 e. The molecule has 144 valence electrons. The molecule has 10 nitrogen and oxygen atoms in total. The summed E-state index contributed by atoms with van der Waals surface area (Å²) in [5.74, 6) is -0.389. The normalized spacial score (nSPS) is 10.6. The second-order valence-electron chi connectivity index (χ2n) is 6.13. The van der Waals surface area contributed by atoms with Gasteiger partial charge in [0.25, 0.3) is 11.6 Å². The summed E-state index contributed by atoms with van der Waals surface area (Å²) >= 11 is 0. The van der Waals surface area contributed by atoms with Crippen LogP contribution in [0.2, 0.25) is 0 Å². The first kappa shape index (κ1) is 18.0. The van der Waals surface area contributed by atoms with Crippen molar-refractivity contribution in [1.29, 1.82) is 0 Å². The number of nitrogens with zero attached hydrogens (tertiary/aromatic N) is 6. The topological polar surface area (TPSA) is 121 Å². The van der Waals surface area contributed by atoms with E-state index in [0.29, 0.717) is 17.9 Å². The number of hydrogen-bond donors (Lipinski definition) is 1. The van der Waals surface area contributed by atoms with E-state index in [1.807, 2.05) is 18.2 Å². The molecule has 0 fully saturated rings. The zero-order valence-corrected chi connectivity index (χ0v) is 15.0. The summed E-state index contributed by atoms with van der Waals surface area (Å²) in [6, 6.07) is 15.0. The summed E-state index contributed by atoms with van der Waals surface area (Å²) in [4.78, 5) is 27.0. The average Bonchev–Trinajstić information content (AvgIpc) is 3.42. The molecule has 1 N–H and O–H groups in total. The van der Waals surface area contributed by atoms with Crippen molar-refractivity contribution >= 4 is 17.3 Å². The van der Waals surface area contributed by atoms with Crippen molar-refractivity contribution in [2.75, 3.05) is 5.32 Å². The highest BCUT2D eigenvalue weighted by molar-refractivity contribution is 6.03. The molecule has 0 aliphatic heterocycles. The monoisotopic (exact) mass is 389 g/mol. The van der Waals surface area contributed by atoms with Crippen molar-refractivity contribution in [3.63, 3.8) is 0 Å². The van der Waals surface area contributed by atoms with Crippen LogP contribution in [0, 0.1) is 10.1 Å². The van der Waals surface area contributed by atoms with E-state index >= 15 is 0 Å². The third-order valence-corrected chi connectivity index (χ3v) is 4.19. The molecule has 29 heavy (non-hydrogen) atoms. The van der Waals surface area contributed by atoms with E-state index in [1.165, 1.54) is 23.1 Å². The Labute approximate surface area is 164 Å². The molecule has 0 saturated carbocycles. The molecule has 0 radical (unpaired) electrons. The first-order valence-electron chi connectivity index (χ1n) is 8.62. The largest absolute Gasteiger partial charge is 0.320 e. The quantitative estimate of drug-likeness (QED) is 0.400. The Balaban J connectivity index is 1.53. The fraction of sp³-hybridized carbons (Fsp3) is 0.0526. The molecular weight excluding hydrogens is 374 g/mol. The predicted octanol–water partition coefficient (Wildman–Crippen LogP) is 2.67. The van der Waals surface area contributed by atoms with E-state index in [9.17, 15) is 14.9 Å². The number of benzene rings is 2. The van der Waals surface area contributed by atoms with Gasteiger partial charge in [-0.2, -0.15) is 10.2 Å². The van der Waals surface area contributed by atoms with Gasteiger partial charge in [0.15, 0.2) is 5.69 Å². The zero-order valence-electron chi connectivity index (χ0n) is 15.0. The van der Waals surface area contributed by atoms with Crippen molar-refractivity contribution < 1.29 is 9.72 Å². The minimum atomic E-state index is -0.479. The number of carbonyl (C=O) groups is 1. The highest BCUT2D eigenvalue weighted by Gasteiger charge is 2.14. The number of hydrogen-bond acceptors (Lipinski definition) is 6. The maximum absolute atomic E-state index is 12.7. The maximum Gasteiger partial charge on any atom is 0.276 e. The smallest absolute Gasteiger partial charge is 0.276 e. The average molecular weight is 389 g/mol. The van der Waals surface area contributed by atoms with Crippen molar-refractivity contribution in [3.05, 3.63) is 94.8 Å². The second-order valence-corrected chi connectivity index (χ2v) is 6.13. The van der Waals surface area contributed by atoms with Crippen LogP contribution in [0.3, 0.4) is 0 Å². The number of anilines is 1. The van der Waals surface area contributed by atoms with Gasteiger partial charge in [0.2, 0.25) is 0 Å². The van der Waals surface area contributed by atoms with Crippen LogP contribution in [-0.2, 0) is 6.54 Å². The van der Waals surface area contributed by atoms with Crippen LogP contribution < -0.4 is 5.32 Å². The number of carbonyl (C=O) groups excluding carboxylic acids is 1. The lowest BCUT2D eigenvalue weighted by Gasteiger charge is -2.10. The Morgan fingerprint density at radius 3 is 2.79 bits per heavy atom. The van der Waals surface area contributed by atoms with Gasteiger partial charge >= 0.3 is 0 Å². The first-order valence-corrected chi connectivity index (χ1v) is 8.62. The molecule has 4 rings (SSSR count). The second kappa shape index (κ2) is 7.72. The molecule has 0 aliphatic rings. The molecule has 0 bridgehead atoms. The standard InChI is InChI=1S/C19H15N7O3/c27-19(22-17-7-2-1-4-14(17)11-24-13-20-12-21-24)18-8-9-25(23-18)15-5-3-6-16(10-15)26(28)29/h1-10,12-13H,11H2,(H,22,27). The number of nitro groups is 1. The van der Waals surface area contributed by atoms with E-state index in [2.05, 4.69) is 20.5 Å². The van der Waals surface area contributed by atoms with E-state index in [4.69, 9.17) is 0 Å². The third-order valence-electron chi connectivity index (χ3n) is 4.19. The maximum atomic E-state index is 12.7. The van der Waals surface area contributed by atoms with Gasteiger partial charge in [-0.25, -0.2) is 14.3 Å². The molecule has 10 heteroatoms. The lowest BCUT2D eigenvalue weighted by Crippen LogP contribution is -2.15. The number of amides is 1. The third kappa shape index (κ3) is 4.00. The van der Waals surface area contributed by atoms with Crippen LogP contribution in [0.15, 0.2) is 73.4 Å².